The molecule has 12 heteroatoms. The van der Waals surface area contributed by atoms with Crippen LogP contribution in [-0.2, 0) is 0 Å². The van der Waals surface area contributed by atoms with Crippen molar-refractivity contribution >= 4 is 34.3 Å². The number of carbonyl (C=O) groups excluding carboxylic acids is 1. The molecule has 1 aromatic carbocycles. The number of hydrogen-bond acceptors (Lipinski definition) is 10. The zero-order chi connectivity index (χ0) is 26.8. The lowest BCUT2D eigenvalue weighted by Gasteiger charge is -2.34. The van der Waals surface area contributed by atoms with Gasteiger partial charge in [-0.1, -0.05) is 5.22 Å². The van der Waals surface area contributed by atoms with E-state index in [0.717, 1.165) is 53.1 Å². The van der Waals surface area contributed by atoms with E-state index in [9.17, 15) is 9.18 Å². The number of halogens is 1. The SMILES string of the molecule is C=C(F)Oc1cc(C(=O)Nc2cnc(C)c(N3CC(c4cnc(C)s4)N=N3)c2)cc(N2CCN(C)CC2)c1. The molecule has 1 amide bonds. The number of ether oxygens (including phenoxy) is 1. The minimum atomic E-state index is -0.939. The van der Waals surface area contributed by atoms with Gasteiger partial charge in [-0.25, -0.2) is 9.99 Å². The highest BCUT2D eigenvalue weighted by Gasteiger charge is 2.26. The third-order valence-corrected chi connectivity index (χ3v) is 7.47. The Morgan fingerprint density at radius 1 is 1.13 bits per heavy atom. The fraction of sp³-hybridized carbons (Fsp3) is 0.346. The fourth-order valence-electron chi connectivity index (χ4n) is 4.39. The van der Waals surface area contributed by atoms with E-state index in [2.05, 4.69) is 49.0 Å². The van der Waals surface area contributed by atoms with E-state index in [4.69, 9.17) is 4.74 Å². The number of aryl methyl sites for hydroxylation is 2. The maximum absolute atomic E-state index is 13.5. The standard InChI is InChI=1S/C26H29FN8O2S/c1-16-24(35-15-23(31-32-35)25-14-29-18(3)38-25)11-20(13-28-16)30-26(36)19-9-21(12-22(10-19)37-17(2)27)34-7-5-33(4)6-8-34/h9-14,23H,2,5-8,15H2,1,3-4H3,(H,30,36). The first kappa shape index (κ1) is 25.7. The molecule has 0 bridgehead atoms. The molecule has 0 aliphatic carbocycles. The van der Waals surface area contributed by atoms with Crippen LogP contribution in [0.1, 0.15) is 32.0 Å². The van der Waals surface area contributed by atoms with Gasteiger partial charge in [0.1, 0.15) is 11.8 Å². The second kappa shape index (κ2) is 10.8. The number of nitrogens with one attached hydrogen (secondary N) is 1. The van der Waals surface area contributed by atoms with Gasteiger partial charge in [0.15, 0.2) is 0 Å². The Morgan fingerprint density at radius 3 is 2.63 bits per heavy atom. The Hall–Kier alpha value is -3.90. The van der Waals surface area contributed by atoms with Crippen molar-refractivity contribution in [2.75, 3.05) is 55.0 Å². The van der Waals surface area contributed by atoms with E-state index in [0.29, 0.717) is 17.8 Å². The molecule has 2 aromatic heterocycles. The summed E-state index contributed by atoms with van der Waals surface area (Å²) in [4.78, 5) is 27.5. The Labute approximate surface area is 224 Å². The van der Waals surface area contributed by atoms with E-state index >= 15 is 0 Å². The lowest BCUT2D eigenvalue weighted by Crippen LogP contribution is -2.44. The molecule has 5 rings (SSSR count). The first-order valence-electron chi connectivity index (χ1n) is 12.2. The zero-order valence-electron chi connectivity index (χ0n) is 21.5. The van der Waals surface area contributed by atoms with Crippen LogP contribution < -0.4 is 20.0 Å². The van der Waals surface area contributed by atoms with Gasteiger partial charge in [0.25, 0.3) is 11.9 Å². The summed E-state index contributed by atoms with van der Waals surface area (Å²) in [6.07, 6.45) is 3.43. The number of aromatic nitrogens is 2. The summed E-state index contributed by atoms with van der Waals surface area (Å²) in [5.41, 5.74) is 3.13. The minimum absolute atomic E-state index is 0.0974. The number of benzene rings is 1. The highest BCUT2D eigenvalue weighted by atomic mass is 32.1. The minimum Gasteiger partial charge on any atom is -0.432 e. The van der Waals surface area contributed by atoms with Crippen LogP contribution in [0.4, 0.5) is 21.5 Å². The number of carbonyl (C=O) groups is 1. The summed E-state index contributed by atoms with van der Waals surface area (Å²) in [6, 6.07) is 5.79. The smallest absolute Gasteiger partial charge is 0.270 e. The molecule has 1 saturated heterocycles. The number of hydrogen-bond donors (Lipinski definition) is 1. The molecule has 0 saturated carbocycles. The third kappa shape index (κ3) is 5.81. The van der Waals surface area contributed by atoms with Gasteiger partial charge in [0, 0.05) is 49.7 Å². The Kier molecular flexibility index (Phi) is 7.34. The average molecular weight is 537 g/mol. The molecule has 4 heterocycles. The summed E-state index contributed by atoms with van der Waals surface area (Å²) in [5.74, 6) is -0.156. The Bertz CT molecular complexity index is 1390. The van der Waals surface area contributed by atoms with Crippen molar-refractivity contribution in [1.29, 1.82) is 0 Å². The molecule has 1 unspecified atom stereocenters. The molecular weight excluding hydrogens is 507 g/mol. The van der Waals surface area contributed by atoms with Gasteiger partial charge in [-0.15, -0.1) is 11.3 Å². The summed E-state index contributed by atoms with van der Waals surface area (Å²) in [7, 11) is 2.07. The largest absolute Gasteiger partial charge is 0.432 e. The van der Waals surface area contributed by atoms with Gasteiger partial charge < -0.3 is 19.9 Å². The fourth-order valence-corrected chi connectivity index (χ4v) is 5.20. The van der Waals surface area contributed by atoms with Crippen LogP contribution in [-0.4, -0.2) is 60.5 Å². The Morgan fingerprint density at radius 2 is 1.92 bits per heavy atom. The molecule has 0 spiro atoms. The molecule has 2 aliphatic rings. The summed E-state index contributed by atoms with van der Waals surface area (Å²) in [5, 5.41) is 14.4. The summed E-state index contributed by atoms with van der Waals surface area (Å²) >= 11 is 1.60. The first-order chi connectivity index (χ1) is 18.2. The number of thiazole rings is 1. The monoisotopic (exact) mass is 536 g/mol. The normalized spacial score (nSPS) is 17.6. The van der Waals surface area contributed by atoms with E-state index in [1.165, 1.54) is 6.07 Å². The average Bonchev–Trinajstić information content (AvgIpc) is 3.54. The van der Waals surface area contributed by atoms with Crippen LogP contribution in [0.25, 0.3) is 0 Å². The second-order valence-corrected chi connectivity index (χ2v) is 10.6. The highest BCUT2D eigenvalue weighted by Crippen LogP contribution is 2.34. The van der Waals surface area contributed by atoms with Gasteiger partial charge in [-0.2, -0.15) is 9.50 Å². The first-order valence-corrected chi connectivity index (χ1v) is 13.1. The van der Waals surface area contributed by atoms with Crippen LogP contribution >= 0.6 is 11.3 Å². The topological polar surface area (TPSA) is 98.5 Å². The van der Waals surface area contributed by atoms with E-state index < -0.39 is 6.01 Å². The van der Waals surface area contributed by atoms with Crippen molar-refractivity contribution in [2.24, 2.45) is 10.3 Å². The summed E-state index contributed by atoms with van der Waals surface area (Å²) < 4.78 is 18.6. The number of amides is 1. The van der Waals surface area contributed by atoms with Gasteiger partial charge in [-0.05, 0) is 45.7 Å². The number of nitrogens with zero attached hydrogens (tertiary/aromatic N) is 7. The van der Waals surface area contributed by atoms with Crippen molar-refractivity contribution in [1.82, 2.24) is 14.9 Å². The zero-order valence-corrected chi connectivity index (χ0v) is 22.3. The van der Waals surface area contributed by atoms with Crippen molar-refractivity contribution in [3.8, 4) is 5.75 Å². The molecule has 38 heavy (non-hydrogen) atoms. The van der Waals surface area contributed by atoms with Gasteiger partial charge >= 0.3 is 0 Å². The van der Waals surface area contributed by atoms with Gasteiger partial charge in [0.05, 0.1) is 39.7 Å². The number of pyridine rings is 1. The maximum atomic E-state index is 13.5. The van der Waals surface area contributed by atoms with Crippen LogP contribution in [0.2, 0.25) is 0 Å². The van der Waals surface area contributed by atoms with Crippen molar-refractivity contribution in [3.63, 3.8) is 0 Å². The van der Waals surface area contributed by atoms with Crippen molar-refractivity contribution in [2.45, 2.75) is 19.9 Å². The van der Waals surface area contributed by atoms with Crippen LogP contribution in [0.5, 0.6) is 5.75 Å². The third-order valence-electron chi connectivity index (χ3n) is 6.46. The molecule has 2 aliphatic heterocycles. The van der Waals surface area contributed by atoms with Crippen LogP contribution in [0, 0.1) is 13.8 Å². The quantitative estimate of drug-likeness (QED) is 0.429. The molecule has 1 fully saturated rings. The van der Waals surface area contributed by atoms with Gasteiger partial charge in [-0.3, -0.25) is 9.78 Å². The Balaban J connectivity index is 1.35. The molecule has 1 atom stereocenters. The molecule has 0 radical (unpaired) electrons. The molecular formula is C26H29FN8O2S. The molecule has 198 valence electrons. The molecule has 1 N–H and O–H groups in total. The number of piperazine rings is 1. The van der Waals surface area contributed by atoms with E-state index in [1.54, 1.807) is 34.7 Å². The number of likely N-dealkylation sites (N-methyl/N-ethyl adjacent to an activating group) is 1. The predicted octanol–water partition coefficient (Wildman–Crippen LogP) is 4.91. The lowest BCUT2D eigenvalue weighted by molar-refractivity contribution is 0.102. The predicted molar refractivity (Wildman–Crippen MR) is 146 cm³/mol. The van der Waals surface area contributed by atoms with Crippen molar-refractivity contribution in [3.05, 3.63) is 70.4 Å². The number of anilines is 3. The van der Waals surface area contributed by atoms with Crippen LogP contribution in [0.15, 0.2) is 59.6 Å². The summed E-state index contributed by atoms with van der Waals surface area (Å²) in [6.45, 7) is 10.9. The van der Waals surface area contributed by atoms with E-state index in [1.807, 2.05) is 26.1 Å². The number of rotatable bonds is 7. The maximum Gasteiger partial charge on any atom is 0.270 e. The van der Waals surface area contributed by atoms with Crippen molar-refractivity contribution < 1.29 is 13.9 Å². The molecule has 3 aromatic rings. The second-order valence-electron chi connectivity index (χ2n) is 9.33. The highest BCUT2D eigenvalue weighted by molar-refractivity contribution is 7.11. The van der Waals surface area contributed by atoms with Gasteiger partial charge in [0.2, 0.25) is 0 Å². The van der Waals surface area contributed by atoms with Crippen LogP contribution in [0.3, 0.4) is 0 Å². The van der Waals surface area contributed by atoms with E-state index in [-0.39, 0.29) is 17.7 Å². The molecule has 10 nitrogen and oxygen atoms in total. The lowest BCUT2D eigenvalue weighted by atomic mass is 10.1.